The molecule has 0 radical (unpaired) electrons. The van der Waals surface area contributed by atoms with Crippen LogP contribution in [0.5, 0.6) is 0 Å². The molecule has 126 valence electrons. The first kappa shape index (κ1) is 16.9. The number of carbonyl (C=O) groups excluding carboxylic acids is 1. The number of anilines is 2. The second-order valence-corrected chi connectivity index (χ2v) is 7.06. The molecule has 1 aliphatic rings. The Labute approximate surface area is 150 Å². The third kappa shape index (κ3) is 3.93. The van der Waals surface area contributed by atoms with Gasteiger partial charge in [0.05, 0.1) is 11.6 Å². The molecular weight excluding hydrogens is 368 g/mol. The van der Waals surface area contributed by atoms with Crippen LogP contribution in [0.2, 0.25) is 0 Å². The van der Waals surface area contributed by atoms with Crippen LogP contribution in [-0.2, 0) is 4.79 Å². The van der Waals surface area contributed by atoms with Crippen molar-refractivity contribution in [2.45, 2.75) is 26.7 Å². The summed E-state index contributed by atoms with van der Waals surface area (Å²) in [4.78, 5) is 23.8. The lowest BCUT2D eigenvalue weighted by molar-refractivity contribution is -0.120. The van der Waals surface area contributed by atoms with Crippen molar-refractivity contribution in [3.63, 3.8) is 0 Å². The first-order valence-corrected chi connectivity index (χ1v) is 8.95. The lowest BCUT2D eigenvalue weighted by atomic mass is 9.97. The molecule has 1 fully saturated rings. The molecular formula is C18H21BrN4O. The first-order chi connectivity index (χ1) is 11.5. The fourth-order valence-electron chi connectivity index (χ4n) is 3.02. The Hall–Kier alpha value is -1.95. The summed E-state index contributed by atoms with van der Waals surface area (Å²) in [6, 6.07) is 9.63. The van der Waals surface area contributed by atoms with Gasteiger partial charge in [0.2, 0.25) is 11.9 Å². The zero-order valence-electron chi connectivity index (χ0n) is 13.9. The largest absolute Gasteiger partial charge is 0.340 e. The van der Waals surface area contributed by atoms with Crippen molar-refractivity contribution in [2.24, 2.45) is 5.92 Å². The Morgan fingerprint density at radius 1 is 1.25 bits per heavy atom. The maximum absolute atomic E-state index is 12.6. The number of rotatable bonds is 3. The Kier molecular flexibility index (Phi) is 5.14. The molecule has 6 heteroatoms. The summed E-state index contributed by atoms with van der Waals surface area (Å²) in [6.07, 6.45) is 1.85. The van der Waals surface area contributed by atoms with Crippen LogP contribution >= 0.6 is 15.9 Å². The van der Waals surface area contributed by atoms with Gasteiger partial charge in [-0.15, -0.1) is 0 Å². The van der Waals surface area contributed by atoms with Gasteiger partial charge in [-0.1, -0.05) is 12.1 Å². The van der Waals surface area contributed by atoms with Gasteiger partial charge in [0.1, 0.15) is 0 Å². The number of carbonyl (C=O) groups is 1. The Balaban J connectivity index is 1.71. The third-order valence-electron chi connectivity index (χ3n) is 4.18. The molecule has 0 spiro atoms. The molecule has 0 aliphatic carbocycles. The number of halogens is 1. The van der Waals surface area contributed by atoms with Crippen molar-refractivity contribution in [3.8, 4) is 0 Å². The summed E-state index contributed by atoms with van der Waals surface area (Å²) in [5.41, 5.74) is 2.72. The summed E-state index contributed by atoms with van der Waals surface area (Å²) in [6.45, 7) is 5.49. The second-order valence-electron chi connectivity index (χ2n) is 6.20. The second kappa shape index (κ2) is 7.30. The number of hydrogen-bond donors (Lipinski definition) is 1. The minimum Gasteiger partial charge on any atom is -0.340 e. The van der Waals surface area contributed by atoms with Crippen LogP contribution in [0, 0.1) is 19.8 Å². The molecule has 1 aromatic heterocycles. The van der Waals surface area contributed by atoms with Gasteiger partial charge in [-0.25, -0.2) is 9.97 Å². The number of piperidine rings is 1. The summed E-state index contributed by atoms with van der Waals surface area (Å²) < 4.78 is 0.892. The van der Waals surface area contributed by atoms with Crippen molar-refractivity contribution in [1.82, 2.24) is 9.97 Å². The Morgan fingerprint density at radius 3 is 2.67 bits per heavy atom. The summed E-state index contributed by atoms with van der Waals surface area (Å²) in [5.74, 6) is 0.720. The predicted molar refractivity (Wildman–Crippen MR) is 99.2 cm³/mol. The predicted octanol–water partition coefficient (Wildman–Crippen LogP) is 3.71. The zero-order chi connectivity index (χ0) is 17.1. The van der Waals surface area contributed by atoms with Gasteiger partial charge in [0.15, 0.2) is 0 Å². The minimum atomic E-state index is -0.0599. The van der Waals surface area contributed by atoms with E-state index in [9.17, 15) is 4.79 Å². The number of hydrogen-bond acceptors (Lipinski definition) is 4. The minimum absolute atomic E-state index is 0.0518. The van der Waals surface area contributed by atoms with Crippen LogP contribution in [0.15, 0.2) is 34.8 Å². The lowest BCUT2D eigenvalue weighted by Crippen LogP contribution is -2.41. The molecule has 3 rings (SSSR count). The van der Waals surface area contributed by atoms with E-state index in [1.807, 2.05) is 44.2 Å². The van der Waals surface area contributed by atoms with Crippen molar-refractivity contribution < 1.29 is 4.79 Å². The van der Waals surface area contributed by atoms with E-state index in [-0.39, 0.29) is 11.8 Å². The van der Waals surface area contributed by atoms with Crippen LogP contribution in [0.4, 0.5) is 11.6 Å². The van der Waals surface area contributed by atoms with Gasteiger partial charge in [0.25, 0.3) is 0 Å². The fourth-order valence-corrected chi connectivity index (χ4v) is 3.40. The average Bonchev–Trinajstić information content (AvgIpc) is 2.56. The molecule has 1 saturated heterocycles. The molecule has 1 N–H and O–H groups in total. The molecule has 1 aromatic carbocycles. The number of para-hydroxylation sites is 1. The smallest absolute Gasteiger partial charge is 0.229 e. The average molecular weight is 389 g/mol. The number of aryl methyl sites for hydroxylation is 2. The molecule has 0 unspecified atom stereocenters. The monoisotopic (exact) mass is 388 g/mol. The fraction of sp³-hybridized carbons (Fsp3) is 0.389. The molecule has 1 amide bonds. The highest BCUT2D eigenvalue weighted by Gasteiger charge is 2.27. The van der Waals surface area contributed by atoms with Crippen molar-refractivity contribution >= 4 is 33.5 Å². The van der Waals surface area contributed by atoms with Crippen LogP contribution in [0.1, 0.15) is 24.2 Å². The molecule has 0 bridgehead atoms. The van der Waals surface area contributed by atoms with E-state index >= 15 is 0 Å². The van der Waals surface area contributed by atoms with Gasteiger partial charge in [-0.2, -0.15) is 0 Å². The highest BCUT2D eigenvalue weighted by molar-refractivity contribution is 9.10. The maximum Gasteiger partial charge on any atom is 0.229 e. The number of nitrogens with zero attached hydrogens (tertiary/aromatic N) is 3. The molecule has 1 atom stereocenters. The quantitative estimate of drug-likeness (QED) is 0.870. The Morgan fingerprint density at radius 2 is 1.96 bits per heavy atom. The highest BCUT2D eigenvalue weighted by atomic mass is 79.9. The van der Waals surface area contributed by atoms with Crippen molar-refractivity contribution in [2.75, 3.05) is 23.3 Å². The van der Waals surface area contributed by atoms with E-state index in [1.54, 1.807) is 0 Å². The molecule has 0 saturated carbocycles. The molecule has 2 aromatic rings. The van der Waals surface area contributed by atoms with Gasteiger partial charge >= 0.3 is 0 Å². The standard InChI is InChI=1S/C18H21BrN4O/c1-12-10-13(2)21-18(20-12)23-9-5-6-14(11-23)17(24)22-16-8-4-3-7-15(16)19/h3-4,7-8,10,14H,5-6,9,11H2,1-2H3,(H,22,24)/t14-/m0/s1. The number of amides is 1. The van der Waals surface area contributed by atoms with Crippen LogP contribution in [0.25, 0.3) is 0 Å². The number of aromatic nitrogens is 2. The molecule has 1 aliphatic heterocycles. The third-order valence-corrected chi connectivity index (χ3v) is 4.87. The van der Waals surface area contributed by atoms with E-state index in [4.69, 9.17) is 0 Å². The molecule has 2 heterocycles. The van der Waals surface area contributed by atoms with Crippen molar-refractivity contribution in [1.29, 1.82) is 0 Å². The van der Waals surface area contributed by atoms with Crippen molar-refractivity contribution in [3.05, 3.63) is 46.2 Å². The van der Waals surface area contributed by atoms with E-state index < -0.39 is 0 Å². The molecule has 5 nitrogen and oxygen atoms in total. The van der Waals surface area contributed by atoms with Crippen LogP contribution in [-0.4, -0.2) is 29.0 Å². The van der Waals surface area contributed by atoms with E-state index in [0.29, 0.717) is 6.54 Å². The SMILES string of the molecule is Cc1cc(C)nc(N2CCC[C@H](C(=O)Nc3ccccc3Br)C2)n1. The van der Waals surface area contributed by atoms with E-state index in [2.05, 4.69) is 36.1 Å². The van der Waals surface area contributed by atoms with Gasteiger partial charge in [-0.3, -0.25) is 4.79 Å². The summed E-state index contributed by atoms with van der Waals surface area (Å²) >= 11 is 3.47. The first-order valence-electron chi connectivity index (χ1n) is 8.15. The van der Waals surface area contributed by atoms with Gasteiger partial charge < -0.3 is 10.2 Å². The van der Waals surface area contributed by atoms with Crippen LogP contribution < -0.4 is 10.2 Å². The summed E-state index contributed by atoms with van der Waals surface area (Å²) in [7, 11) is 0. The van der Waals surface area contributed by atoms with E-state index in [0.717, 1.165) is 46.9 Å². The van der Waals surface area contributed by atoms with Gasteiger partial charge in [-0.05, 0) is 60.8 Å². The normalized spacial score (nSPS) is 17.6. The van der Waals surface area contributed by atoms with Crippen LogP contribution in [0.3, 0.4) is 0 Å². The number of nitrogens with one attached hydrogen (secondary N) is 1. The van der Waals surface area contributed by atoms with E-state index in [1.165, 1.54) is 0 Å². The highest BCUT2D eigenvalue weighted by Crippen LogP contribution is 2.25. The zero-order valence-corrected chi connectivity index (χ0v) is 15.5. The maximum atomic E-state index is 12.6. The Bertz CT molecular complexity index is 729. The molecule has 24 heavy (non-hydrogen) atoms. The number of benzene rings is 1. The van der Waals surface area contributed by atoms with Gasteiger partial charge in [0, 0.05) is 29.0 Å². The topological polar surface area (TPSA) is 58.1 Å². The summed E-state index contributed by atoms with van der Waals surface area (Å²) in [5, 5.41) is 3.02. The lowest BCUT2D eigenvalue weighted by Gasteiger charge is -2.32.